The van der Waals surface area contributed by atoms with E-state index >= 15 is 0 Å². The highest BCUT2D eigenvalue weighted by atomic mass is 16.6. The van der Waals surface area contributed by atoms with Crippen LogP contribution in [0, 0.1) is 0 Å². The van der Waals surface area contributed by atoms with E-state index in [-0.39, 0.29) is 0 Å². The van der Waals surface area contributed by atoms with Gasteiger partial charge in [0.05, 0.1) is 12.4 Å². The molecule has 0 radical (unpaired) electrons. The van der Waals surface area contributed by atoms with Crippen molar-refractivity contribution in [1.82, 2.24) is 9.97 Å². The van der Waals surface area contributed by atoms with E-state index in [4.69, 9.17) is 9.47 Å². The van der Waals surface area contributed by atoms with Crippen molar-refractivity contribution in [3.63, 3.8) is 0 Å². The van der Waals surface area contributed by atoms with Crippen LogP contribution in [0.3, 0.4) is 0 Å². The molecule has 2 heterocycles. The lowest BCUT2D eigenvalue weighted by Gasteiger charge is -2.19. The van der Waals surface area contributed by atoms with Crippen molar-refractivity contribution in [3.05, 3.63) is 30.6 Å². The second-order valence-electron chi connectivity index (χ2n) is 4.30. The second-order valence-corrected chi connectivity index (χ2v) is 4.30. The van der Waals surface area contributed by atoms with Gasteiger partial charge >= 0.3 is 0 Å². The average Bonchev–Trinajstić information content (AvgIpc) is 2.48. The molecule has 6 heteroatoms. The first-order chi connectivity index (χ1) is 9.85. The zero-order chi connectivity index (χ0) is 13.8. The topological polar surface area (TPSA) is 68.3 Å². The summed E-state index contributed by atoms with van der Waals surface area (Å²) >= 11 is 0. The quantitative estimate of drug-likeness (QED) is 0.891. The Bertz CT molecular complexity index is 603. The smallest absolute Gasteiger partial charge is 0.163 e. The molecule has 2 aromatic rings. The molecule has 0 aliphatic carbocycles. The minimum atomic E-state index is 0.576. The number of nitrogens with one attached hydrogen (secondary N) is 2. The Morgan fingerprint density at radius 3 is 2.75 bits per heavy atom. The molecule has 1 aliphatic heterocycles. The van der Waals surface area contributed by atoms with Gasteiger partial charge < -0.3 is 20.1 Å². The first-order valence-electron chi connectivity index (χ1n) is 6.58. The minimum Gasteiger partial charge on any atom is -0.486 e. The number of nitrogens with zero attached hydrogens (tertiary/aromatic N) is 2. The predicted molar refractivity (Wildman–Crippen MR) is 76.9 cm³/mol. The molecule has 0 atom stereocenters. The van der Waals surface area contributed by atoms with Gasteiger partial charge in [-0.3, -0.25) is 4.98 Å². The van der Waals surface area contributed by atoms with Crippen LogP contribution in [0.4, 0.5) is 17.3 Å². The van der Waals surface area contributed by atoms with Gasteiger partial charge in [-0.2, -0.15) is 0 Å². The molecule has 0 spiro atoms. The standard InChI is InChI=1S/C14H16N4O2/c1-2-16-13-8-15-9-14(18-13)17-10-3-4-11-12(7-10)20-6-5-19-11/h3-4,7-9H,2,5-6H2,1H3,(H2,16,17,18). The Balaban J connectivity index is 1.78. The van der Waals surface area contributed by atoms with Crippen molar-refractivity contribution in [2.75, 3.05) is 30.4 Å². The van der Waals surface area contributed by atoms with Crippen LogP contribution in [0.1, 0.15) is 6.92 Å². The van der Waals surface area contributed by atoms with Crippen LogP contribution < -0.4 is 20.1 Å². The average molecular weight is 272 g/mol. The molecule has 6 nitrogen and oxygen atoms in total. The molecule has 0 saturated heterocycles. The van der Waals surface area contributed by atoms with E-state index in [1.807, 2.05) is 25.1 Å². The molecule has 104 valence electrons. The van der Waals surface area contributed by atoms with Crippen molar-refractivity contribution in [3.8, 4) is 11.5 Å². The lowest BCUT2D eigenvalue weighted by molar-refractivity contribution is 0.171. The third kappa shape index (κ3) is 2.74. The number of anilines is 3. The van der Waals surface area contributed by atoms with Crippen LogP contribution >= 0.6 is 0 Å². The summed E-state index contributed by atoms with van der Waals surface area (Å²) in [6, 6.07) is 5.71. The van der Waals surface area contributed by atoms with Crippen LogP contribution in [0.25, 0.3) is 0 Å². The molecule has 0 fully saturated rings. The summed E-state index contributed by atoms with van der Waals surface area (Å²) in [7, 11) is 0. The maximum atomic E-state index is 5.55. The summed E-state index contributed by atoms with van der Waals surface area (Å²) in [5.41, 5.74) is 0.886. The lowest BCUT2D eigenvalue weighted by Crippen LogP contribution is -2.15. The Labute approximate surface area is 117 Å². The first kappa shape index (κ1) is 12.5. The minimum absolute atomic E-state index is 0.576. The van der Waals surface area contributed by atoms with Crippen molar-refractivity contribution >= 4 is 17.3 Å². The van der Waals surface area contributed by atoms with E-state index in [1.165, 1.54) is 0 Å². The van der Waals surface area contributed by atoms with E-state index < -0.39 is 0 Å². The highest BCUT2D eigenvalue weighted by Crippen LogP contribution is 2.33. The Morgan fingerprint density at radius 2 is 1.90 bits per heavy atom. The fourth-order valence-electron chi connectivity index (χ4n) is 1.96. The van der Waals surface area contributed by atoms with E-state index in [2.05, 4.69) is 20.6 Å². The summed E-state index contributed by atoms with van der Waals surface area (Å²) in [6.07, 6.45) is 3.37. The maximum absolute atomic E-state index is 5.55. The summed E-state index contributed by atoms with van der Waals surface area (Å²) in [5.74, 6) is 2.95. The van der Waals surface area contributed by atoms with Gasteiger partial charge in [0, 0.05) is 18.3 Å². The molecule has 0 unspecified atom stereocenters. The van der Waals surface area contributed by atoms with Gasteiger partial charge in [-0.05, 0) is 19.1 Å². The van der Waals surface area contributed by atoms with E-state index in [0.717, 1.165) is 29.5 Å². The van der Waals surface area contributed by atoms with Crippen molar-refractivity contribution < 1.29 is 9.47 Å². The largest absolute Gasteiger partial charge is 0.486 e. The van der Waals surface area contributed by atoms with Gasteiger partial charge in [0.25, 0.3) is 0 Å². The molecule has 0 bridgehead atoms. The number of hydrogen-bond acceptors (Lipinski definition) is 6. The Kier molecular flexibility index (Phi) is 3.54. The van der Waals surface area contributed by atoms with Gasteiger partial charge in [-0.15, -0.1) is 0 Å². The number of fused-ring (bicyclic) bond motifs is 1. The number of hydrogen-bond donors (Lipinski definition) is 2. The van der Waals surface area contributed by atoms with Crippen LogP contribution in [0.2, 0.25) is 0 Å². The SMILES string of the molecule is CCNc1cncc(Nc2ccc3c(c2)OCCO3)n1. The van der Waals surface area contributed by atoms with Crippen LogP contribution in [0.15, 0.2) is 30.6 Å². The lowest BCUT2D eigenvalue weighted by atomic mass is 10.2. The van der Waals surface area contributed by atoms with E-state index in [1.54, 1.807) is 12.4 Å². The molecule has 3 rings (SSSR count). The normalized spacial score (nSPS) is 12.8. The zero-order valence-electron chi connectivity index (χ0n) is 11.2. The summed E-state index contributed by atoms with van der Waals surface area (Å²) < 4.78 is 11.0. The molecule has 1 aromatic heterocycles. The van der Waals surface area contributed by atoms with Crippen molar-refractivity contribution in [1.29, 1.82) is 0 Å². The van der Waals surface area contributed by atoms with Gasteiger partial charge in [-0.1, -0.05) is 0 Å². The third-order valence-corrected chi connectivity index (χ3v) is 2.81. The highest BCUT2D eigenvalue weighted by molar-refractivity contribution is 5.62. The van der Waals surface area contributed by atoms with E-state index in [9.17, 15) is 0 Å². The molecular weight excluding hydrogens is 256 g/mol. The predicted octanol–water partition coefficient (Wildman–Crippen LogP) is 2.42. The molecular formula is C14H16N4O2. The molecule has 0 amide bonds. The van der Waals surface area contributed by atoms with Crippen LogP contribution in [0.5, 0.6) is 11.5 Å². The third-order valence-electron chi connectivity index (χ3n) is 2.81. The molecule has 0 saturated carbocycles. The second kappa shape index (κ2) is 5.64. The van der Waals surface area contributed by atoms with Gasteiger partial charge in [-0.25, -0.2) is 4.98 Å². The number of benzene rings is 1. The number of ether oxygens (including phenoxy) is 2. The summed E-state index contributed by atoms with van der Waals surface area (Å²) in [5, 5.41) is 6.33. The van der Waals surface area contributed by atoms with Gasteiger partial charge in [0.1, 0.15) is 19.0 Å². The van der Waals surface area contributed by atoms with E-state index in [0.29, 0.717) is 19.0 Å². The fraction of sp³-hybridized carbons (Fsp3) is 0.286. The Morgan fingerprint density at radius 1 is 1.10 bits per heavy atom. The summed E-state index contributed by atoms with van der Waals surface area (Å²) in [6.45, 7) is 3.99. The first-order valence-corrected chi connectivity index (χ1v) is 6.58. The molecule has 1 aliphatic rings. The van der Waals surface area contributed by atoms with Gasteiger partial charge in [0.2, 0.25) is 0 Å². The van der Waals surface area contributed by atoms with Crippen molar-refractivity contribution in [2.45, 2.75) is 6.92 Å². The maximum Gasteiger partial charge on any atom is 0.163 e. The number of rotatable bonds is 4. The number of aromatic nitrogens is 2. The molecule has 20 heavy (non-hydrogen) atoms. The molecule has 1 aromatic carbocycles. The Hall–Kier alpha value is -2.50. The van der Waals surface area contributed by atoms with Crippen LogP contribution in [-0.4, -0.2) is 29.7 Å². The fourth-order valence-corrected chi connectivity index (χ4v) is 1.96. The monoisotopic (exact) mass is 272 g/mol. The highest BCUT2D eigenvalue weighted by Gasteiger charge is 2.11. The summed E-state index contributed by atoms with van der Waals surface area (Å²) in [4.78, 5) is 8.56. The van der Waals surface area contributed by atoms with Gasteiger partial charge in [0.15, 0.2) is 17.3 Å². The van der Waals surface area contributed by atoms with Crippen molar-refractivity contribution in [2.24, 2.45) is 0 Å². The van der Waals surface area contributed by atoms with Crippen LogP contribution in [-0.2, 0) is 0 Å². The zero-order valence-corrected chi connectivity index (χ0v) is 11.2. The molecule has 2 N–H and O–H groups in total.